The van der Waals surface area contributed by atoms with E-state index in [1.807, 2.05) is 0 Å². The Morgan fingerprint density at radius 2 is 2.11 bits per heavy atom. The van der Waals surface area contributed by atoms with Crippen LogP contribution >= 0.6 is 0 Å². The molecular weight excluding hydrogens is 244 g/mol. The Kier molecular flexibility index (Phi) is 6.35. The third kappa shape index (κ3) is 4.95. The normalized spacial score (nSPS) is 11.2. The van der Waals surface area contributed by atoms with Gasteiger partial charge in [-0.05, 0) is 6.42 Å². The van der Waals surface area contributed by atoms with Gasteiger partial charge in [0.2, 0.25) is 0 Å². The number of hydrogen-bond acceptors (Lipinski definition) is 3. The number of unbranched alkanes of at least 4 members (excludes halogenated alkanes) is 1. The molecule has 1 aromatic rings. The third-order valence-corrected chi connectivity index (χ3v) is 2.68. The van der Waals surface area contributed by atoms with Crippen molar-refractivity contribution in [2.75, 3.05) is 13.6 Å². The summed E-state index contributed by atoms with van der Waals surface area (Å²) in [4.78, 5) is 14.6. The first-order chi connectivity index (χ1) is 9.19. The van der Waals surface area contributed by atoms with E-state index < -0.39 is 0 Å². The molecule has 0 amide bonds. The van der Waals surface area contributed by atoms with Crippen LogP contribution in [0.5, 0.6) is 0 Å². The standard InChI is InChI=1S/C13H20N4O2/c1-3-4-9-15-13(14-2)16-10-11-7-5-6-8-12(11)17(18)19/h5-8H,3-4,9-10H2,1-2H3,(H2,14,15,16). The van der Waals surface area contributed by atoms with Crippen molar-refractivity contribution in [2.45, 2.75) is 26.3 Å². The second-order valence-electron chi connectivity index (χ2n) is 4.09. The minimum Gasteiger partial charge on any atom is -0.356 e. The lowest BCUT2D eigenvalue weighted by Crippen LogP contribution is -2.37. The molecule has 0 bridgehead atoms. The Hall–Kier alpha value is -2.11. The number of guanidine groups is 1. The molecule has 6 nitrogen and oxygen atoms in total. The number of benzene rings is 1. The first-order valence-corrected chi connectivity index (χ1v) is 6.35. The molecule has 0 aromatic heterocycles. The number of nitrogens with zero attached hydrogens (tertiary/aromatic N) is 2. The number of nitro benzene ring substituents is 1. The van der Waals surface area contributed by atoms with Crippen LogP contribution in [0, 0.1) is 10.1 Å². The van der Waals surface area contributed by atoms with E-state index >= 15 is 0 Å². The number of nitrogens with one attached hydrogen (secondary N) is 2. The van der Waals surface area contributed by atoms with E-state index in [4.69, 9.17) is 0 Å². The van der Waals surface area contributed by atoms with E-state index in [1.165, 1.54) is 6.07 Å². The summed E-state index contributed by atoms with van der Waals surface area (Å²) in [6, 6.07) is 6.70. The first-order valence-electron chi connectivity index (χ1n) is 6.35. The van der Waals surface area contributed by atoms with Crippen LogP contribution in [-0.2, 0) is 6.54 Å². The van der Waals surface area contributed by atoms with Crippen molar-refractivity contribution in [3.8, 4) is 0 Å². The zero-order valence-corrected chi connectivity index (χ0v) is 11.3. The van der Waals surface area contributed by atoms with Crippen LogP contribution in [0.2, 0.25) is 0 Å². The molecular formula is C13H20N4O2. The molecule has 0 radical (unpaired) electrons. The van der Waals surface area contributed by atoms with Crippen molar-refractivity contribution in [3.05, 3.63) is 39.9 Å². The molecule has 0 fully saturated rings. The van der Waals surface area contributed by atoms with Gasteiger partial charge in [0.15, 0.2) is 5.96 Å². The van der Waals surface area contributed by atoms with Crippen molar-refractivity contribution in [2.24, 2.45) is 4.99 Å². The summed E-state index contributed by atoms with van der Waals surface area (Å²) in [5, 5.41) is 17.1. The molecule has 0 aliphatic rings. The molecule has 104 valence electrons. The zero-order valence-electron chi connectivity index (χ0n) is 11.3. The van der Waals surface area contributed by atoms with Crippen LogP contribution in [0.25, 0.3) is 0 Å². The number of nitro groups is 1. The lowest BCUT2D eigenvalue weighted by molar-refractivity contribution is -0.385. The molecule has 1 rings (SSSR count). The summed E-state index contributed by atoms with van der Waals surface area (Å²) in [5.74, 6) is 0.659. The largest absolute Gasteiger partial charge is 0.356 e. The summed E-state index contributed by atoms with van der Waals surface area (Å²) >= 11 is 0. The molecule has 1 aromatic carbocycles. The predicted molar refractivity (Wildman–Crippen MR) is 76.2 cm³/mol. The van der Waals surface area contributed by atoms with Crippen molar-refractivity contribution in [3.63, 3.8) is 0 Å². The van der Waals surface area contributed by atoms with E-state index in [0.717, 1.165) is 19.4 Å². The molecule has 0 heterocycles. The van der Waals surface area contributed by atoms with E-state index in [9.17, 15) is 10.1 Å². The molecule has 0 saturated heterocycles. The fraction of sp³-hybridized carbons (Fsp3) is 0.462. The van der Waals surface area contributed by atoms with Gasteiger partial charge in [0.1, 0.15) is 0 Å². The number of hydrogen-bond donors (Lipinski definition) is 2. The van der Waals surface area contributed by atoms with Crippen LogP contribution < -0.4 is 10.6 Å². The summed E-state index contributed by atoms with van der Waals surface area (Å²) in [6.45, 7) is 3.33. The number of aliphatic imine (C=N–C) groups is 1. The number of para-hydroxylation sites is 1. The molecule has 0 atom stereocenters. The van der Waals surface area contributed by atoms with Gasteiger partial charge in [-0.15, -0.1) is 0 Å². The smallest absolute Gasteiger partial charge is 0.274 e. The van der Waals surface area contributed by atoms with Crippen molar-refractivity contribution in [1.29, 1.82) is 0 Å². The quantitative estimate of drug-likeness (QED) is 0.271. The molecule has 0 aliphatic heterocycles. The minimum atomic E-state index is -0.371. The summed E-state index contributed by atoms with van der Waals surface area (Å²) in [7, 11) is 1.68. The minimum absolute atomic E-state index is 0.124. The van der Waals surface area contributed by atoms with Gasteiger partial charge in [-0.2, -0.15) is 0 Å². The Morgan fingerprint density at radius 1 is 1.37 bits per heavy atom. The van der Waals surface area contributed by atoms with E-state index in [-0.39, 0.29) is 10.6 Å². The zero-order chi connectivity index (χ0) is 14.1. The van der Waals surface area contributed by atoms with Crippen LogP contribution in [0.1, 0.15) is 25.3 Å². The van der Waals surface area contributed by atoms with Gasteiger partial charge in [-0.25, -0.2) is 0 Å². The van der Waals surface area contributed by atoms with Crippen LogP contribution in [0.15, 0.2) is 29.3 Å². The second kappa shape index (κ2) is 8.07. The molecule has 0 saturated carbocycles. The van der Waals surface area contributed by atoms with Crippen molar-refractivity contribution >= 4 is 11.6 Å². The van der Waals surface area contributed by atoms with Crippen LogP contribution in [0.4, 0.5) is 5.69 Å². The Bertz CT molecular complexity index is 446. The maximum Gasteiger partial charge on any atom is 0.274 e. The van der Waals surface area contributed by atoms with Gasteiger partial charge in [-0.3, -0.25) is 15.1 Å². The molecule has 0 unspecified atom stereocenters. The summed E-state index contributed by atoms with van der Waals surface area (Å²) < 4.78 is 0. The Labute approximate surface area is 113 Å². The van der Waals surface area contributed by atoms with Gasteiger partial charge in [0.05, 0.1) is 4.92 Å². The van der Waals surface area contributed by atoms with Crippen LogP contribution in [-0.4, -0.2) is 24.5 Å². The maximum absolute atomic E-state index is 10.9. The molecule has 2 N–H and O–H groups in total. The molecule has 19 heavy (non-hydrogen) atoms. The predicted octanol–water partition coefficient (Wildman–Crippen LogP) is 2.06. The average Bonchev–Trinajstić information content (AvgIpc) is 2.43. The Balaban J connectivity index is 2.58. The summed E-state index contributed by atoms with van der Waals surface area (Å²) in [5.41, 5.74) is 0.768. The van der Waals surface area contributed by atoms with Gasteiger partial charge >= 0.3 is 0 Å². The average molecular weight is 264 g/mol. The summed E-state index contributed by atoms with van der Waals surface area (Å²) in [6.07, 6.45) is 2.17. The molecule has 0 spiro atoms. The SMILES string of the molecule is CCCCNC(=NC)NCc1ccccc1[N+](=O)[O-]. The van der Waals surface area contributed by atoms with Crippen LogP contribution in [0.3, 0.4) is 0 Å². The van der Waals surface area contributed by atoms with E-state index in [0.29, 0.717) is 18.1 Å². The highest BCUT2D eigenvalue weighted by molar-refractivity contribution is 5.79. The fourth-order valence-corrected chi connectivity index (χ4v) is 1.62. The van der Waals surface area contributed by atoms with Crippen molar-refractivity contribution < 1.29 is 4.92 Å². The second-order valence-corrected chi connectivity index (χ2v) is 4.09. The van der Waals surface area contributed by atoms with Gasteiger partial charge in [0, 0.05) is 31.8 Å². The lowest BCUT2D eigenvalue weighted by atomic mass is 10.2. The Morgan fingerprint density at radius 3 is 2.74 bits per heavy atom. The fourth-order valence-electron chi connectivity index (χ4n) is 1.62. The third-order valence-electron chi connectivity index (χ3n) is 2.68. The van der Waals surface area contributed by atoms with Gasteiger partial charge in [-0.1, -0.05) is 31.5 Å². The molecule has 0 aliphatic carbocycles. The van der Waals surface area contributed by atoms with Gasteiger partial charge in [0.25, 0.3) is 5.69 Å². The van der Waals surface area contributed by atoms with Crippen molar-refractivity contribution in [1.82, 2.24) is 10.6 Å². The monoisotopic (exact) mass is 264 g/mol. The highest BCUT2D eigenvalue weighted by Crippen LogP contribution is 2.16. The lowest BCUT2D eigenvalue weighted by Gasteiger charge is -2.11. The molecule has 6 heteroatoms. The first kappa shape index (κ1) is 14.9. The highest BCUT2D eigenvalue weighted by atomic mass is 16.6. The number of rotatable bonds is 6. The maximum atomic E-state index is 10.9. The highest BCUT2D eigenvalue weighted by Gasteiger charge is 2.12. The van der Waals surface area contributed by atoms with Gasteiger partial charge < -0.3 is 10.6 Å². The van der Waals surface area contributed by atoms with E-state index in [1.54, 1.807) is 25.2 Å². The topological polar surface area (TPSA) is 79.6 Å². The van der Waals surface area contributed by atoms with E-state index in [2.05, 4.69) is 22.5 Å².